The van der Waals surface area contributed by atoms with Gasteiger partial charge in [-0.25, -0.2) is 9.78 Å². The molecule has 2 aromatic rings. The van der Waals surface area contributed by atoms with Crippen LogP contribution in [0.3, 0.4) is 0 Å². The lowest BCUT2D eigenvalue weighted by Gasteiger charge is -2.07. The van der Waals surface area contributed by atoms with E-state index in [4.69, 9.17) is 14.6 Å². The first kappa shape index (κ1) is 13.8. The number of para-hydroxylation sites is 1. The number of benzene rings is 1. The summed E-state index contributed by atoms with van der Waals surface area (Å²) in [4.78, 5) is 18.6. The molecular weight excluding hydrogens is 260 g/mol. The van der Waals surface area contributed by atoms with Gasteiger partial charge in [-0.1, -0.05) is 18.2 Å². The lowest BCUT2D eigenvalue weighted by molar-refractivity contribution is 0.0694. The van der Waals surface area contributed by atoms with Gasteiger partial charge in [0.05, 0.1) is 11.3 Å². The molecule has 0 aliphatic heterocycles. The van der Waals surface area contributed by atoms with Gasteiger partial charge in [-0.3, -0.25) is 0 Å². The van der Waals surface area contributed by atoms with Crippen LogP contribution in [0, 0.1) is 6.92 Å². The fraction of sp³-hybridized carbons (Fsp3) is 0.214. The van der Waals surface area contributed by atoms with E-state index in [0.29, 0.717) is 12.3 Å². The van der Waals surface area contributed by atoms with Gasteiger partial charge >= 0.3 is 12.0 Å². The van der Waals surface area contributed by atoms with Crippen LogP contribution < -0.4 is 9.47 Å². The van der Waals surface area contributed by atoms with Gasteiger partial charge < -0.3 is 14.6 Å². The molecule has 0 amide bonds. The average Bonchev–Trinajstić information content (AvgIpc) is 2.44. The van der Waals surface area contributed by atoms with Gasteiger partial charge in [0.2, 0.25) is 0 Å². The zero-order valence-electron chi connectivity index (χ0n) is 10.9. The predicted octanol–water partition coefficient (Wildman–Crippen LogP) is 1.94. The highest BCUT2D eigenvalue weighted by molar-refractivity contribution is 5.88. The molecule has 1 N–H and O–H groups in total. The highest BCUT2D eigenvalue weighted by atomic mass is 16.5. The standard InChI is InChI=1S/C14H14N2O4/c1-10-12(13(17)18)9-15-14(16-10)20-8-7-19-11-5-3-2-4-6-11/h2-6,9H,7-8H2,1H3,(H,17,18). The molecule has 0 radical (unpaired) electrons. The first-order valence-corrected chi connectivity index (χ1v) is 6.04. The van der Waals surface area contributed by atoms with Gasteiger partial charge in [0.1, 0.15) is 19.0 Å². The van der Waals surface area contributed by atoms with Crippen LogP contribution in [0.2, 0.25) is 0 Å². The van der Waals surface area contributed by atoms with Crippen molar-refractivity contribution in [3.63, 3.8) is 0 Å². The van der Waals surface area contributed by atoms with Gasteiger partial charge in [0.25, 0.3) is 0 Å². The van der Waals surface area contributed by atoms with Crippen molar-refractivity contribution < 1.29 is 19.4 Å². The molecule has 0 saturated carbocycles. The van der Waals surface area contributed by atoms with Gasteiger partial charge in [-0.15, -0.1) is 0 Å². The quantitative estimate of drug-likeness (QED) is 0.811. The maximum absolute atomic E-state index is 10.8. The minimum Gasteiger partial charge on any atom is -0.490 e. The molecule has 0 bridgehead atoms. The monoisotopic (exact) mass is 274 g/mol. The van der Waals surface area contributed by atoms with Crippen LogP contribution in [0.1, 0.15) is 16.1 Å². The molecule has 0 atom stereocenters. The van der Waals surface area contributed by atoms with Crippen molar-refractivity contribution in [3.8, 4) is 11.8 Å². The first-order chi connectivity index (χ1) is 9.66. The Balaban J connectivity index is 1.83. The molecule has 1 aromatic heterocycles. The fourth-order valence-electron chi connectivity index (χ4n) is 1.53. The smallest absolute Gasteiger partial charge is 0.339 e. The molecule has 0 unspecified atom stereocenters. The third-order valence-corrected chi connectivity index (χ3v) is 2.51. The Morgan fingerprint density at radius 2 is 1.90 bits per heavy atom. The van der Waals surface area contributed by atoms with Crippen LogP contribution >= 0.6 is 0 Å². The SMILES string of the molecule is Cc1nc(OCCOc2ccccc2)ncc1C(=O)O. The summed E-state index contributed by atoms with van der Waals surface area (Å²) in [5.41, 5.74) is 0.435. The molecule has 1 aromatic carbocycles. The number of carboxylic acids is 1. The summed E-state index contributed by atoms with van der Waals surface area (Å²) in [6, 6.07) is 9.51. The summed E-state index contributed by atoms with van der Waals surface area (Å²) in [6.45, 7) is 2.23. The zero-order valence-corrected chi connectivity index (χ0v) is 10.9. The maximum Gasteiger partial charge on any atom is 0.339 e. The molecule has 2 rings (SSSR count). The van der Waals surface area contributed by atoms with Crippen LogP contribution in [0.25, 0.3) is 0 Å². The van der Waals surface area contributed by atoms with Crippen molar-refractivity contribution in [2.24, 2.45) is 0 Å². The maximum atomic E-state index is 10.8. The molecule has 0 saturated heterocycles. The topological polar surface area (TPSA) is 81.5 Å². The summed E-state index contributed by atoms with van der Waals surface area (Å²) in [6.07, 6.45) is 1.23. The van der Waals surface area contributed by atoms with Crippen LogP contribution in [-0.4, -0.2) is 34.3 Å². The Hall–Kier alpha value is -2.63. The third-order valence-electron chi connectivity index (χ3n) is 2.51. The van der Waals surface area contributed by atoms with E-state index in [1.54, 1.807) is 6.92 Å². The minimum atomic E-state index is -1.05. The van der Waals surface area contributed by atoms with Crippen molar-refractivity contribution in [2.45, 2.75) is 6.92 Å². The van der Waals surface area contributed by atoms with E-state index in [1.807, 2.05) is 30.3 Å². The summed E-state index contributed by atoms with van der Waals surface area (Å²) < 4.78 is 10.7. The summed E-state index contributed by atoms with van der Waals surface area (Å²) >= 11 is 0. The normalized spacial score (nSPS) is 10.1. The Labute approximate surface area is 116 Å². The zero-order chi connectivity index (χ0) is 14.4. The number of aryl methyl sites for hydroxylation is 1. The number of hydrogen-bond acceptors (Lipinski definition) is 5. The van der Waals surface area contributed by atoms with E-state index in [1.165, 1.54) is 6.20 Å². The molecule has 1 heterocycles. The molecule has 20 heavy (non-hydrogen) atoms. The minimum absolute atomic E-state index is 0.0675. The Kier molecular flexibility index (Phi) is 4.49. The lowest BCUT2D eigenvalue weighted by atomic mass is 10.2. The average molecular weight is 274 g/mol. The van der Waals surface area contributed by atoms with E-state index in [9.17, 15) is 4.79 Å². The van der Waals surface area contributed by atoms with Crippen molar-refractivity contribution in [2.75, 3.05) is 13.2 Å². The Morgan fingerprint density at radius 1 is 1.20 bits per heavy atom. The second-order valence-electron chi connectivity index (χ2n) is 3.97. The van der Waals surface area contributed by atoms with E-state index in [2.05, 4.69) is 9.97 Å². The number of ether oxygens (including phenoxy) is 2. The Morgan fingerprint density at radius 3 is 2.55 bits per heavy atom. The number of aromatic carboxylic acids is 1. The van der Waals surface area contributed by atoms with Crippen molar-refractivity contribution in [1.29, 1.82) is 0 Å². The van der Waals surface area contributed by atoms with Crippen LogP contribution in [0.4, 0.5) is 0 Å². The molecule has 104 valence electrons. The fourth-order valence-corrected chi connectivity index (χ4v) is 1.53. The molecule has 0 spiro atoms. The van der Waals surface area contributed by atoms with Gasteiger partial charge in [-0.05, 0) is 19.1 Å². The van der Waals surface area contributed by atoms with Crippen LogP contribution in [0.15, 0.2) is 36.5 Å². The van der Waals surface area contributed by atoms with Gasteiger partial charge in [-0.2, -0.15) is 4.98 Å². The van der Waals surface area contributed by atoms with E-state index < -0.39 is 5.97 Å². The summed E-state index contributed by atoms with van der Waals surface area (Å²) in [5.74, 6) is -0.295. The van der Waals surface area contributed by atoms with Gasteiger partial charge in [0.15, 0.2) is 0 Å². The summed E-state index contributed by atoms with van der Waals surface area (Å²) in [5, 5.41) is 8.86. The summed E-state index contributed by atoms with van der Waals surface area (Å²) in [7, 11) is 0. The number of carboxylic acid groups (broad SMARTS) is 1. The molecule has 6 nitrogen and oxygen atoms in total. The number of nitrogens with zero attached hydrogens (tertiary/aromatic N) is 2. The van der Waals surface area contributed by atoms with Crippen molar-refractivity contribution in [3.05, 3.63) is 47.8 Å². The largest absolute Gasteiger partial charge is 0.490 e. The second kappa shape index (κ2) is 6.51. The van der Waals surface area contributed by atoms with Crippen LogP contribution in [-0.2, 0) is 0 Å². The van der Waals surface area contributed by atoms with Crippen LogP contribution in [0.5, 0.6) is 11.8 Å². The first-order valence-electron chi connectivity index (χ1n) is 6.04. The number of carbonyl (C=O) groups is 1. The molecule has 0 aliphatic carbocycles. The van der Waals surface area contributed by atoms with Crippen molar-refractivity contribution >= 4 is 5.97 Å². The lowest BCUT2D eigenvalue weighted by Crippen LogP contribution is -2.12. The molecule has 6 heteroatoms. The molecular formula is C14H14N2O4. The molecule has 0 aliphatic rings. The van der Waals surface area contributed by atoms with Gasteiger partial charge in [0, 0.05) is 6.20 Å². The highest BCUT2D eigenvalue weighted by Crippen LogP contribution is 2.10. The van der Waals surface area contributed by atoms with E-state index in [-0.39, 0.29) is 18.2 Å². The third kappa shape index (κ3) is 3.68. The highest BCUT2D eigenvalue weighted by Gasteiger charge is 2.10. The number of hydrogen-bond donors (Lipinski definition) is 1. The number of rotatable bonds is 6. The van der Waals surface area contributed by atoms with Crippen molar-refractivity contribution in [1.82, 2.24) is 9.97 Å². The van der Waals surface area contributed by atoms with E-state index in [0.717, 1.165) is 5.75 Å². The number of aromatic nitrogens is 2. The van der Waals surface area contributed by atoms with E-state index >= 15 is 0 Å². The predicted molar refractivity (Wildman–Crippen MR) is 71.2 cm³/mol. The molecule has 0 fully saturated rings. The Bertz CT molecular complexity index is 587. The second-order valence-corrected chi connectivity index (χ2v) is 3.97.